The van der Waals surface area contributed by atoms with Crippen molar-refractivity contribution in [3.63, 3.8) is 0 Å². The predicted octanol–water partition coefficient (Wildman–Crippen LogP) is 1.92. The Hall–Kier alpha value is -0.540. The Labute approximate surface area is 74.5 Å². The minimum atomic E-state index is 0.510. The van der Waals surface area contributed by atoms with E-state index in [1.54, 1.807) is 7.11 Å². The molecule has 0 spiro atoms. The summed E-state index contributed by atoms with van der Waals surface area (Å²) in [5, 5.41) is 0. The molecular weight excluding hydrogens is 206 g/mol. The third-order valence-electron chi connectivity index (χ3n) is 1.47. The molecule has 11 heavy (non-hydrogen) atoms. The number of rotatable bonds is 2. The molecule has 0 radical (unpaired) electrons. The summed E-state index contributed by atoms with van der Waals surface area (Å²) in [5.74, 6) is 0.835. The molecule has 0 aliphatic rings. The lowest BCUT2D eigenvalue weighted by Crippen LogP contribution is -1.99. The first-order chi connectivity index (χ1) is 5.27. The molecule has 0 unspecified atom stereocenters. The van der Waals surface area contributed by atoms with Gasteiger partial charge in [0.25, 0.3) is 0 Å². The van der Waals surface area contributed by atoms with Crippen molar-refractivity contribution < 1.29 is 4.74 Å². The number of hydrogen-bond donors (Lipinski definition) is 1. The van der Waals surface area contributed by atoms with E-state index in [0.717, 1.165) is 15.8 Å². The Morgan fingerprint density at radius 3 is 2.82 bits per heavy atom. The van der Waals surface area contributed by atoms with E-state index >= 15 is 0 Å². The minimum absolute atomic E-state index is 0.510. The molecule has 0 atom stereocenters. The van der Waals surface area contributed by atoms with Crippen LogP contribution >= 0.6 is 15.9 Å². The second kappa shape index (κ2) is 3.74. The van der Waals surface area contributed by atoms with Crippen molar-refractivity contribution in [2.75, 3.05) is 7.11 Å². The fourth-order valence-corrected chi connectivity index (χ4v) is 1.23. The molecule has 3 heteroatoms. The fraction of sp³-hybridized carbons (Fsp3) is 0.250. The van der Waals surface area contributed by atoms with Gasteiger partial charge in [0, 0.05) is 16.6 Å². The Balaban J connectivity index is 3.06. The van der Waals surface area contributed by atoms with Gasteiger partial charge in [-0.2, -0.15) is 0 Å². The lowest BCUT2D eigenvalue weighted by Gasteiger charge is -2.05. The molecule has 0 aliphatic carbocycles. The molecule has 1 aromatic rings. The van der Waals surface area contributed by atoms with E-state index in [0.29, 0.717) is 6.54 Å². The maximum absolute atomic E-state index is 5.48. The van der Waals surface area contributed by atoms with Gasteiger partial charge in [-0.3, -0.25) is 0 Å². The molecule has 0 aliphatic heterocycles. The summed E-state index contributed by atoms with van der Waals surface area (Å²) in [5.41, 5.74) is 6.50. The Kier molecular flexibility index (Phi) is 2.91. The Morgan fingerprint density at radius 2 is 2.27 bits per heavy atom. The van der Waals surface area contributed by atoms with Crippen molar-refractivity contribution in [2.24, 2.45) is 5.73 Å². The Bertz CT molecular complexity index is 250. The van der Waals surface area contributed by atoms with Gasteiger partial charge in [0.05, 0.1) is 7.11 Å². The second-order valence-electron chi connectivity index (χ2n) is 2.16. The molecule has 0 saturated heterocycles. The standard InChI is InChI=1S/C8H10BrNO/c1-11-8-4-7(9)3-2-6(8)5-10/h2-4H,5,10H2,1H3. The highest BCUT2D eigenvalue weighted by Gasteiger charge is 1.99. The summed E-state index contributed by atoms with van der Waals surface area (Å²) in [4.78, 5) is 0. The molecule has 0 saturated carbocycles. The first-order valence-corrected chi connectivity index (χ1v) is 4.09. The van der Waals surface area contributed by atoms with E-state index in [1.807, 2.05) is 18.2 Å². The van der Waals surface area contributed by atoms with Gasteiger partial charge >= 0.3 is 0 Å². The summed E-state index contributed by atoms with van der Waals surface area (Å²) in [6.45, 7) is 0.510. The fourth-order valence-electron chi connectivity index (χ4n) is 0.887. The third kappa shape index (κ3) is 1.94. The molecule has 1 aromatic carbocycles. The quantitative estimate of drug-likeness (QED) is 0.819. The van der Waals surface area contributed by atoms with E-state index in [-0.39, 0.29) is 0 Å². The molecule has 0 heterocycles. The predicted molar refractivity (Wildman–Crippen MR) is 48.6 cm³/mol. The lowest BCUT2D eigenvalue weighted by molar-refractivity contribution is 0.409. The van der Waals surface area contributed by atoms with Gasteiger partial charge in [-0.1, -0.05) is 22.0 Å². The number of nitrogens with two attached hydrogens (primary N) is 1. The van der Waals surface area contributed by atoms with Crippen LogP contribution in [0.25, 0.3) is 0 Å². The van der Waals surface area contributed by atoms with Gasteiger partial charge in [-0.15, -0.1) is 0 Å². The summed E-state index contributed by atoms with van der Waals surface area (Å²) in [6, 6.07) is 5.80. The first kappa shape index (κ1) is 8.56. The maximum Gasteiger partial charge on any atom is 0.124 e. The summed E-state index contributed by atoms with van der Waals surface area (Å²) in [7, 11) is 1.64. The molecule has 2 N–H and O–H groups in total. The zero-order chi connectivity index (χ0) is 8.27. The van der Waals surface area contributed by atoms with Crippen molar-refractivity contribution in [3.05, 3.63) is 28.2 Å². The highest BCUT2D eigenvalue weighted by Crippen LogP contribution is 2.22. The van der Waals surface area contributed by atoms with E-state index in [1.165, 1.54) is 0 Å². The van der Waals surface area contributed by atoms with E-state index < -0.39 is 0 Å². The van der Waals surface area contributed by atoms with Crippen LogP contribution < -0.4 is 10.5 Å². The van der Waals surface area contributed by atoms with Crippen molar-refractivity contribution in [1.29, 1.82) is 0 Å². The monoisotopic (exact) mass is 215 g/mol. The highest BCUT2D eigenvalue weighted by molar-refractivity contribution is 9.10. The minimum Gasteiger partial charge on any atom is -0.496 e. The number of ether oxygens (including phenoxy) is 1. The zero-order valence-corrected chi connectivity index (χ0v) is 7.89. The second-order valence-corrected chi connectivity index (χ2v) is 3.08. The van der Waals surface area contributed by atoms with Crippen LogP contribution in [0.5, 0.6) is 5.75 Å². The average Bonchev–Trinajstić information content (AvgIpc) is 2.04. The molecule has 0 amide bonds. The van der Waals surface area contributed by atoms with Gasteiger partial charge in [0.15, 0.2) is 0 Å². The van der Waals surface area contributed by atoms with Gasteiger partial charge in [-0.25, -0.2) is 0 Å². The third-order valence-corrected chi connectivity index (χ3v) is 1.96. The van der Waals surface area contributed by atoms with Gasteiger partial charge in [-0.05, 0) is 12.1 Å². The van der Waals surface area contributed by atoms with Crippen LogP contribution in [0.1, 0.15) is 5.56 Å². The maximum atomic E-state index is 5.48. The van der Waals surface area contributed by atoms with Crippen LogP contribution in [0, 0.1) is 0 Å². The molecule has 2 nitrogen and oxygen atoms in total. The molecule has 0 bridgehead atoms. The summed E-state index contributed by atoms with van der Waals surface area (Å²) in [6.07, 6.45) is 0. The van der Waals surface area contributed by atoms with E-state index in [4.69, 9.17) is 10.5 Å². The lowest BCUT2D eigenvalue weighted by atomic mass is 10.2. The van der Waals surface area contributed by atoms with Crippen LogP contribution in [0.4, 0.5) is 0 Å². The van der Waals surface area contributed by atoms with Crippen LogP contribution in [0.2, 0.25) is 0 Å². The highest BCUT2D eigenvalue weighted by atomic mass is 79.9. The largest absolute Gasteiger partial charge is 0.496 e. The van der Waals surface area contributed by atoms with Crippen molar-refractivity contribution in [1.82, 2.24) is 0 Å². The Morgan fingerprint density at radius 1 is 1.55 bits per heavy atom. The van der Waals surface area contributed by atoms with Crippen LogP contribution in [0.15, 0.2) is 22.7 Å². The van der Waals surface area contributed by atoms with E-state index in [9.17, 15) is 0 Å². The molecule has 0 fully saturated rings. The van der Waals surface area contributed by atoms with Crippen LogP contribution in [-0.4, -0.2) is 7.11 Å². The van der Waals surface area contributed by atoms with Crippen LogP contribution in [-0.2, 0) is 6.54 Å². The SMILES string of the molecule is COc1cc(Br)ccc1CN. The van der Waals surface area contributed by atoms with Gasteiger partial charge in [0.2, 0.25) is 0 Å². The first-order valence-electron chi connectivity index (χ1n) is 3.30. The van der Waals surface area contributed by atoms with Gasteiger partial charge in [0.1, 0.15) is 5.75 Å². The summed E-state index contributed by atoms with van der Waals surface area (Å²) < 4.78 is 6.11. The van der Waals surface area contributed by atoms with Gasteiger partial charge < -0.3 is 10.5 Å². The molecule has 60 valence electrons. The van der Waals surface area contributed by atoms with Crippen molar-refractivity contribution >= 4 is 15.9 Å². The topological polar surface area (TPSA) is 35.2 Å². The molecular formula is C8H10BrNO. The average molecular weight is 216 g/mol. The number of benzene rings is 1. The molecule has 0 aromatic heterocycles. The summed E-state index contributed by atoms with van der Waals surface area (Å²) >= 11 is 3.35. The van der Waals surface area contributed by atoms with Crippen LogP contribution in [0.3, 0.4) is 0 Å². The van der Waals surface area contributed by atoms with E-state index in [2.05, 4.69) is 15.9 Å². The number of halogens is 1. The normalized spacial score (nSPS) is 9.73. The number of methoxy groups -OCH3 is 1. The zero-order valence-electron chi connectivity index (χ0n) is 6.30. The molecule has 1 rings (SSSR count). The smallest absolute Gasteiger partial charge is 0.124 e. The number of hydrogen-bond acceptors (Lipinski definition) is 2. The van der Waals surface area contributed by atoms with Crippen molar-refractivity contribution in [2.45, 2.75) is 6.54 Å². The van der Waals surface area contributed by atoms with Crippen molar-refractivity contribution in [3.8, 4) is 5.75 Å².